The largest absolute Gasteiger partial charge is 0.243 e. The molecule has 17 heavy (non-hydrogen) atoms. The summed E-state index contributed by atoms with van der Waals surface area (Å²) in [6.45, 7) is 5.44. The quantitative estimate of drug-likeness (QED) is 0.841. The Hall–Kier alpha value is -0.390. The third-order valence-electron chi connectivity index (χ3n) is 3.39. The van der Waals surface area contributed by atoms with Gasteiger partial charge in [-0.05, 0) is 30.0 Å². The van der Waals surface area contributed by atoms with Gasteiger partial charge >= 0.3 is 0 Å². The van der Waals surface area contributed by atoms with Crippen LogP contribution in [0.25, 0.3) is 0 Å². The first-order valence-corrected chi connectivity index (χ1v) is 7.90. The predicted molar refractivity (Wildman–Crippen MR) is 71.2 cm³/mol. The van der Waals surface area contributed by atoms with E-state index < -0.39 is 10.0 Å². The fraction of sp³-hybridized carbons (Fsp3) is 0.500. The lowest BCUT2D eigenvalue weighted by Crippen LogP contribution is -2.29. The number of nitrogens with zero attached hydrogens (tertiary/aromatic N) is 1. The van der Waals surface area contributed by atoms with Crippen molar-refractivity contribution < 1.29 is 8.42 Å². The second-order valence-electron chi connectivity index (χ2n) is 4.73. The van der Waals surface area contributed by atoms with Crippen LogP contribution in [0.4, 0.5) is 0 Å². The topological polar surface area (TPSA) is 37.4 Å². The zero-order valence-corrected chi connectivity index (χ0v) is 12.3. The van der Waals surface area contributed by atoms with Crippen molar-refractivity contribution in [1.82, 2.24) is 4.31 Å². The molecule has 0 bridgehead atoms. The number of hydrogen-bond acceptors (Lipinski definition) is 2. The molecule has 3 nitrogen and oxygen atoms in total. The first-order valence-electron chi connectivity index (χ1n) is 5.67. The smallest absolute Gasteiger partial charge is 0.207 e. The summed E-state index contributed by atoms with van der Waals surface area (Å²) >= 11 is 3.30. The molecule has 1 aliphatic rings. The Kier molecular flexibility index (Phi) is 3.61. The van der Waals surface area contributed by atoms with Crippen LogP contribution in [0.1, 0.15) is 13.8 Å². The van der Waals surface area contributed by atoms with Gasteiger partial charge in [0, 0.05) is 17.6 Å². The monoisotopic (exact) mass is 317 g/mol. The molecule has 5 heteroatoms. The van der Waals surface area contributed by atoms with Crippen LogP contribution in [-0.2, 0) is 10.0 Å². The maximum Gasteiger partial charge on any atom is 0.243 e. The summed E-state index contributed by atoms with van der Waals surface area (Å²) in [5, 5.41) is 0. The van der Waals surface area contributed by atoms with Crippen LogP contribution in [0.15, 0.2) is 33.6 Å². The van der Waals surface area contributed by atoms with Crippen molar-refractivity contribution in [1.29, 1.82) is 0 Å². The van der Waals surface area contributed by atoms with Gasteiger partial charge in [-0.1, -0.05) is 35.8 Å². The number of halogens is 1. The van der Waals surface area contributed by atoms with Crippen LogP contribution < -0.4 is 0 Å². The molecule has 2 rings (SSSR count). The van der Waals surface area contributed by atoms with Crippen LogP contribution in [0.5, 0.6) is 0 Å². The zero-order chi connectivity index (χ0) is 12.6. The van der Waals surface area contributed by atoms with Gasteiger partial charge < -0.3 is 0 Å². The lowest BCUT2D eigenvalue weighted by Gasteiger charge is -2.16. The van der Waals surface area contributed by atoms with E-state index in [9.17, 15) is 8.42 Å². The highest BCUT2D eigenvalue weighted by Crippen LogP contribution is 2.28. The van der Waals surface area contributed by atoms with Gasteiger partial charge in [0.25, 0.3) is 0 Å². The van der Waals surface area contributed by atoms with E-state index >= 15 is 0 Å². The molecule has 2 unspecified atom stereocenters. The highest BCUT2D eigenvalue weighted by Gasteiger charge is 2.34. The highest BCUT2D eigenvalue weighted by atomic mass is 79.9. The molecule has 1 aliphatic heterocycles. The van der Waals surface area contributed by atoms with E-state index in [1.54, 1.807) is 22.5 Å². The molecule has 0 saturated carbocycles. The Morgan fingerprint density at radius 3 is 2.35 bits per heavy atom. The second kappa shape index (κ2) is 4.71. The molecule has 0 aromatic heterocycles. The molecule has 0 radical (unpaired) electrons. The summed E-state index contributed by atoms with van der Waals surface area (Å²) in [7, 11) is -3.32. The average Bonchev–Trinajstić information content (AvgIpc) is 2.60. The van der Waals surface area contributed by atoms with Crippen LogP contribution >= 0.6 is 15.9 Å². The van der Waals surface area contributed by atoms with Crippen molar-refractivity contribution in [3.05, 3.63) is 28.7 Å². The summed E-state index contributed by atoms with van der Waals surface area (Å²) in [4.78, 5) is 0.369. The average molecular weight is 318 g/mol. The SMILES string of the molecule is CC1CN(S(=O)(=O)c2cccc(Br)c2)CC1C. The van der Waals surface area contributed by atoms with Crippen LogP contribution in [0.2, 0.25) is 0 Å². The Morgan fingerprint density at radius 2 is 1.82 bits per heavy atom. The van der Waals surface area contributed by atoms with Crippen molar-refractivity contribution in [3.8, 4) is 0 Å². The molecule has 0 N–H and O–H groups in total. The second-order valence-corrected chi connectivity index (χ2v) is 7.59. The fourth-order valence-corrected chi connectivity index (χ4v) is 4.29. The van der Waals surface area contributed by atoms with Crippen molar-refractivity contribution >= 4 is 26.0 Å². The molecular weight excluding hydrogens is 302 g/mol. The molecule has 1 aromatic rings. The minimum Gasteiger partial charge on any atom is -0.207 e. The molecule has 0 spiro atoms. The normalized spacial score (nSPS) is 26.3. The number of benzene rings is 1. The summed E-state index contributed by atoms with van der Waals surface area (Å²) in [5.41, 5.74) is 0. The fourth-order valence-electron chi connectivity index (χ4n) is 2.05. The van der Waals surface area contributed by atoms with E-state index in [1.165, 1.54) is 0 Å². The van der Waals surface area contributed by atoms with E-state index in [0.29, 0.717) is 29.8 Å². The minimum atomic E-state index is -3.32. The molecular formula is C12H16BrNO2S. The minimum absolute atomic E-state index is 0.369. The molecule has 2 atom stereocenters. The molecule has 1 heterocycles. The molecule has 1 fully saturated rings. The summed E-state index contributed by atoms with van der Waals surface area (Å²) < 4.78 is 27.1. The summed E-state index contributed by atoms with van der Waals surface area (Å²) in [5.74, 6) is 0.855. The maximum atomic E-state index is 12.4. The standard InChI is InChI=1S/C12H16BrNO2S/c1-9-7-14(8-10(9)2)17(15,16)12-5-3-4-11(13)6-12/h3-6,9-10H,7-8H2,1-2H3. The van der Waals surface area contributed by atoms with Crippen LogP contribution in [-0.4, -0.2) is 25.8 Å². The zero-order valence-electron chi connectivity index (χ0n) is 9.93. The lowest BCUT2D eigenvalue weighted by atomic mass is 10.0. The molecule has 0 amide bonds. The van der Waals surface area contributed by atoms with Crippen LogP contribution in [0.3, 0.4) is 0 Å². The van der Waals surface area contributed by atoms with Crippen molar-refractivity contribution in [2.75, 3.05) is 13.1 Å². The predicted octanol–water partition coefficient (Wildman–Crippen LogP) is 2.73. The summed E-state index contributed by atoms with van der Waals surface area (Å²) in [6.07, 6.45) is 0. The Balaban J connectivity index is 2.32. The first-order chi connectivity index (χ1) is 7.91. The molecule has 0 aliphatic carbocycles. The van der Waals surface area contributed by atoms with Crippen molar-refractivity contribution in [2.24, 2.45) is 11.8 Å². The van der Waals surface area contributed by atoms with Crippen molar-refractivity contribution in [2.45, 2.75) is 18.7 Å². The van der Waals surface area contributed by atoms with Gasteiger partial charge in [0.15, 0.2) is 0 Å². The van der Waals surface area contributed by atoms with Crippen LogP contribution in [0, 0.1) is 11.8 Å². The maximum absolute atomic E-state index is 12.4. The molecule has 1 saturated heterocycles. The Morgan fingerprint density at radius 1 is 1.24 bits per heavy atom. The lowest BCUT2D eigenvalue weighted by molar-refractivity contribution is 0.463. The third-order valence-corrected chi connectivity index (χ3v) is 5.71. The van der Waals surface area contributed by atoms with E-state index in [4.69, 9.17) is 0 Å². The van der Waals surface area contributed by atoms with E-state index in [0.717, 1.165) is 4.47 Å². The number of hydrogen-bond donors (Lipinski definition) is 0. The highest BCUT2D eigenvalue weighted by molar-refractivity contribution is 9.10. The number of sulfonamides is 1. The Labute approximate surface area is 111 Å². The Bertz CT molecular complexity index is 505. The van der Waals surface area contributed by atoms with Gasteiger partial charge in [0.1, 0.15) is 0 Å². The van der Waals surface area contributed by atoms with Gasteiger partial charge in [0.2, 0.25) is 10.0 Å². The van der Waals surface area contributed by atoms with Gasteiger partial charge in [-0.25, -0.2) is 8.42 Å². The summed E-state index contributed by atoms with van der Waals surface area (Å²) in [6, 6.07) is 6.88. The van der Waals surface area contributed by atoms with Gasteiger partial charge in [-0.3, -0.25) is 0 Å². The van der Waals surface area contributed by atoms with Gasteiger partial charge in [-0.2, -0.15) is 4.31 Å². The number of rotatable bonds is 2. The van der Waals surface area contributed by atoms with Gasteiger partial charge in [0.05, 0.1) is 4.90 Å². The molecule has 94 valence electrons. The van der Waals surface area contributed by atoms with E-state index in [2.05, 4.69) is 29.8 Å². The first kappa shape index (κ1) is 13.1. The van der Waals surface area contributed by atoms with Crippen molar-refractivity contribution in [3.63, 3.8) is 0 Å². The third kappa shape index (κ3) is 2.56. The molecule has 1 aromatic carbocycles. The van der Waals surface area contributed by atoms with E-state index in [-0.39, 0.29) is 0 Å². The van der Waals surface area contributed by atoms with Gasteiger partial charge in [-0.15, -0.1) is 0 Å². The van der Waals surface area contributed by atoms with E-state index in [1.807, 2.05) is 6.07 Å².